The van der Waals surface area contributed by atoms with Gasteiger partial charge in [-0.1, -0.05) is 174 Å². The molecular formula is C51H66O9. The highest BCUT2D eigenvalue weighted by molar-refractivity contribution is 5.89. The normalized spacial score (nSPS) is 19.4. The third kappa shape index (κ3) is 16.6. The van der Waals surface area contributed by atoms with Crippen LogP contribution < -0.4 is 0 Å². The van der Waals surface area contributed by atoms with Gasteiger partial charge in [0.2, 0.25) is 0 Å². The standard InChI is InChI=1S/C51H66O9/c1-3-4-14-33-44(34-23-8-6-5-7-9-24-35-46(52)54-2)58-51-49(60-50(53)43-31-21-13-22-32-43)48(57-38-42-29-19-12-20-30-42)47(56-37-41-27-17-11-18-28-41)45(59-51)39-55-36-40-25-15-10-16-26-40/h10-13,15-22,25-32,44-45,47-49,51H,3-9,14,23-24,33-39H2,1-2H3/t44-,45+,47+,48-,49+,51+/m0/s1. The minimum Gasteiger partial charge on any atom is -0.469 e. The molecule has 4 aromatic carbocycles. The summed E-state index contributed by atoms with van der Waals surface area (Å²) < 4.78 is 45.2. The van der Waals surface area contributed by atoms with Crippen molar-refractivity contribution in [3.05, 3.63) is 144 Å². The minimum absolute atomic E-state index is 0.123. The molecule has 1 saturated heterocycles. The molecule has 1 aliphatic heterocycles. The highest BCUT2D eigenvalue weighted by atomic mass is 16.7. The largest absolute Gasteiger partial charge is 0.469 e. The molecule has 0 unspecified atom stereocenters. The molecule has 324 valence electrons. The number of carbonyl (C=O) groups is 2. The molecule has 1 heterocycles. The first-order valence-electron chi connectivity index (χ1n) is 22.1. The Morgan fingerprint density at radius 3 is 1.65 bits per heavy atom. The van der Waals surface area contributed by atoms with E-state index in [2.05, 4.69) is 6.92 Å². The van der Waals surface area contributed by atoms with Gasteiger partial charge >= 0.3 is 11.9 Å². The van der Waals surface area contributed by atoms with Crippen molar-refractivity contribution in [1.29, 1.82) is 0 Å². The Hall–Kier alpha value is -4.38. The monoisotopic (exact) mass is 822 g/mol. The quantitative estimate of drug-likeness (QED) is 0.0409. The lowest BCUT2D eigenvalue weighted by Crippen LogP contribution is -2.62. The summed E-state index contributed by atoms with van der Waals surface area (Å²) in [6, 6.07) is 39.0. The van der Waals surface area contributed by atoms with Crippen LogP contribution in [0.4, 0.5) is 0 Å². The SMILES string of the molecule is CCCCC[C@@H](CCCCCCCCCC(=O)OC)O[C@@H]1O[C@H](COCc2ccccc2)[C@@H](OCc2ccccc2)[C@H](OCc2ccccc2)[C@H]1OC(=O)c1ccccc1. The van der Waals surface area contributed by atoms with E-state index in [1.54, 1.807) is 12.1 Å². The van der Waals surface area contributed by atoms with Crippen LogP contribution in [-0.2, 0) is 57.8 Å². The maximum atomic E-state index is 14.0. The van der Waals surface area contributed by atoms with E-state index in [4.69, 9.17) is 33.2 Å². The third-order valence-corrected chi connectivity index (χ3v) is 10.9. The molecule has 0 aromatic heterocycles. The van der Waals surface area contributed by atoms with Crippen LogP contribution in [0.15, 0.2) is 121 Å². The average molecular weight is 823 g/mol. The Bertz CT molecular complexity index is 1720. The van der Waals surface area contributed by atoms with Gasteiger partial charge in [0.05, 0.1) is 45.2 Å². The Balaban J connectivity index is 1.40. The molecule has 0 saturated carbocycles. The molecule has 60 heavy (non-hydrogen) atoms. The van der Waals surface area contributed by atoms with E-state index in [1.807, 2.05) is 109 Å². The number of esters is 2. The second kappa shape index (κ2) is 27.5. The predicted octanol–water partition coefficient (Wildman–Crippen LogP) is 11.0. The number of unbranched alkanes of at least 4 members (excludes halogenated alkanes) is 8. The first kappa shape index (κ1) is 46.7. The van der Waals surface area contributed by atoms with Crippen LogP contribution in [0, 0.1) is 0 Å². The lowest BCUT2D eigenvalue weighted by Gasteiger charge is -2.46. The number of ether oxygens (including phenoxy) is 7. The van der Waals surface area contributed by atoms with Gasteiger partial charge in [0.25, 0.3) is 0 Å². The number of carbonyl (C=O) groups excluding carboxylic acids is 2. The summed E-state index contributed by atoms with van der Waals surface area (Å²) >= 11 is 0. The van der Waals surface area contributed by atoms with Crippen LogP contribution in [0.3, 0.4) is 0 Å². The molecule has 0 amide bonds. The number of methoxy groups -OCH3 is 1. The van der Waals surface area contributed by atoms with Crippen molar-refractivity contribution < 1.29 is 42.7 Å². The Morgan fingerprint density at radius 1 is 0.583 bits per heavy atom. The summed E-state index contributed by atoms with van der Waals surface area (Å²) in [4.78, 5) is 25.4. The highest BCUT2D eigenvalue weighted by Crippen LogP contribution is 2.33. The van der Waals surface area contributed by atoms with Crippen LogP contribution in [-0.4, -0.2) is 62.5 Å². The van der Waals surface area contributed by atoms with E-state index in [1.165, 1.54) is 7.11 Å². The summed E-state index contributed by atoms with van der Waals surface area (Å²) in [5.74, 6) is -0.626. The minimum atomic E-state index is -0.953. The second-order valence-electron chi connectivity index (χ2n) is 15.6. The number of rotatable bonds is 28. The van der Waals surface area contributed by atoms with Gasteiger partial charge in [0, 0.05) is 6.42 Å². The van der Waals surface area contributed by atoms with Crippen molar-refractivity contribution in [2.45, 2.75) is 147 Å². The summed E-state index contributed by atoms with van der Waals surface area (Å²) in [5.41, 5.74) is 3.45. The zero-order valence-corrected chi connectivity index (χ0v) is 35.7. The zero-order valence-electron chi connectivity index (χ0n) is 35.7. The average Bonchev–Trinajstić information content (AvgIpc) is 3.29. The summed E-state index contributed by atoms with van der Waals surface area (Å²) in [5, 5.41) is 0. The Kier molecular flexibility index (Phi) is 21.4. The highest BCUT2D eigenvalue weighted by Gasteiger charge is 2.51. The first-order chi connectivity index (χ1) is 29.5. The fourth-order valence-corrected chi connectivity index (χ4v) is 7.52. The molecule has 9 nitrogen and oxygen atoms in total. The van der Waals surface area contributed by atoms with Gasteiger partial charge in [0.1, 0.15) is 18.3 Å². The third-order valence-electron chi connectivity index (χ3n) is 10.9. The van der Waals surface area contributed by atoms with Crippen molar-refractivity contribution in [3.8, 4) is 0 Å². The maximum absolute atomic E-state index is 14.0. The molecule has 0 spiro atoms. The topological polar surface area (TPSA) is 98.8 Å². The van der Waals surface area contributed by atoms with Crippen molar-refractivity contribution in [2.75, 3.05) is 13.7 Å². The lowest BCUT2D eigenvalue weighted by atomic mass is 9.97. The molecule has 5 rings (SSSR count). The fraction of sp³-hybridized carbons (Fsp3) is 0.490. The van der Waals surface area contributed by atoms with Gasteiger partial charge in [-0.2, -0.15) is 0 Å². The summed E-state index contributed by atoms with van der Waals surface area (Å²) in [6.45, 7) is 3.37. The molecule has 0 N–H and O–H groups in total. The van der Waals surface area contributed by atoms with E-state index < -0.39 is 36.7 Å². The first-order valence-corrected chi connectivity index (χ1v) is 22.1. The van der Waals surface area contributed by atoms with E-state index >= 15 is 0 Å². The van der Waals surface area contributed by atoms with Crippen molar-refractivity contribution in [2.24, 2.45) is 0 Å². The summed E-state index contributed by atoms with van der Waals surface area (Å²) in [7, 11) is 1.44. The van der Waals surface area contributed by atoms with Gasteiger partial charge in [-0.25, -0.2) is 4.79 Å². The van der Waals surface area contributed by atoms with Crippen LogP contribution in [0.25, 0.3) is 0 Å². The van der Waals surface area contributed by atoms with E-state index in [9.17, 15) is 9.59 Å². The number of hydrogen-bond acceptors (Lipinski definition) is 9. The van der Waals surface area contributed by atoms with E-state index in [0.29, 0.717) is 25.2 Å². The smallest absolute Gasteiger partial charge is 0.338 e. The van der Waals surface area contributed by atoms with Crippen molar-refractivity contribution in [1.82, 2.24) is 0 Å². The molecule has 4 aromatic rings. The molecule has 0 bridgehead atoms. The fourth-order valence-electron chi connectivity index (χ4n) is 7.52. The van der Waals surface area contributed by atoms with Gasteiger partial charge in [-0.15, -0.1) is 0 Å². The number of benzene rings is 4. The molecule has 6 atom stereocenters. The Labute approximate surface area is 358 Å². The van der Waals surface area contributed by atoms with Gasteiger partial charge in [-0.05, 0) is 48.1 Å². The second-order valence-corrected chi connectivity index (χ2v) is 15.6. The molecule has 1 fully saturated rings. The van der Waals surface area contributed by atoms with Gasteiger partial charge in [0.15, 0.2) is 12.4 Å². The molecular weight excluding hydrogens is 757 g/mol. The maximum Gasteiger partial charge on any atom is 0.338 e. The summed E-state index contributed by atoms with van der Waals surface area (Å²) in [6.07, 6.45) is 8.65. The van der Waals surface area contributed by atoms with E-state index in [0.717, 1.165) is 93.7 Å². The van der Waals surface area contributed by atoms with Crippen LogP contribution in [0.1, 0.15) is 117 Å². The molecule has 0 aliphatic carbocycles. The number of hydrogen-bond donors (Lipinski definition) is 0. The van der Waals surface area contributed by atoms with Crippen LogP contribution >= 0.6 is 0 Å². The van der Waals surface area contributed by atoms with Crippen molar-refractivity contribution in [3.63, 3.8) is 0 Å². The molecule has 9 heteroatoms. The van der Waals surface area contributed by atoms with Crippen LogP contribution in [0.5, 0.6) is 0 Å². The van der Waals surface area contributed by atoms with Gasteiger partial charge < -0.3 is 33.2 Å². The van der Waals surface area contributed by atoms with Crippen molar-refractivity contribution >= 4 is 11.9 Å². The Morgan fingerprint density at radius 2 is 1.08 bits per heavy atom. The van der Waals surface area contributed by atoms with Gasteiger partial charge in [-0.3, -0.25) is 4.79 Å². The molecule has 0 radical (unpaired) electrons. The lowest BCUT2D eigenvalue weighted by molar-refractivity contribution is -0.327. The predicted molar refractivity (Wildman–Crippen MR) is 233 cm³/mol. The molecule has 1 aliphatic rings. The van der Waals surface area contributed by atoms with E-state index in [-0.39, 0.29) is 25.3 Å². The zero-order chi connectivity index (χ0) is 42.0. The van der Waals surface area contributed by atoms with Crippen LogP contribution in [0.2, 0.25) is 0 Å².